The molecular formula is C29H24F2N4OS. The van der Waals surface area contributed by atoms with Crippen LogP contribution in [0.1, 0.15) is 12.5 Å². The van der Waals surface area contributed by atoms with E-state index in [1.54, 1.807) is 6.20 Å². The normalized spacial score (nSPS) is 11.0. The average Bonchev–Trinajstić information content (AvgIpc) is 2.92. The Balaban J connectivity index is 1.51. The van der Waals surface area contributed by atoms with Gasteiger partial charge in [-0.05, 0) is 71.5 Å². The van der Waals surface area contributed by atoms with Gasteiger partial charge < -0.3 is 15.2 Å². The third kappa shape index (κ3) is 5.06. The zero-order valence-corrected chi connectivity index (χ0v) is 21.1. The fourth-order valence-electron chi connectivity index (χ4n) is 4.19. The minimum atomic E-state index is -0.651. The number of benzene rings is 3. The summed E-state index contributed by atoms with van der Waals surface area (Å²) in [5, 5.41) is 0.945. The lowest BCUT2D eigenvalue weighted by atomic mass is 9.96. The van der Waals surface area contributed by atoms with Gasteiger partial charge >= 0.3 is 0 Å². The highest BCUT2D eigenvalue weighted by atomic mass is 32.2. The van der Waals surface area contributed by atoms with Crippen molar-refractivity contribution in [2.24, 2.45) is 0 Å². The Morgan fingerprint density at radius 2 is 1.78 bits per heavy atom. The molecule has 0 fully saturated rings. The van der Waals surface area contributed by atoms with Crippen LogP contribution in [-0.4, -0.2) is 17.1 Å². The summed E-state index contributed by atoms with van der Waals surface area (Å²) in [5.74, 6) is -0.435. The second-order valence-electron chi connectivity index (χ2n) is 8.40. The highest BCUT2D eigenvalue weighted by Gasteiger charge is 2.13. The molecule has 186 valence electrons. The molecule has 0 unspecified atom stereocenters. The van der Waals surface area contributed by atoms with Gasteiger partial charge in [0.05, 0.1) is 17.5 Å². The van der Waals surface area contributed by atoms with Crippen LogP contribution in [0, 0.1) is 11.6 Å². The number of rotatable bonds is 7. The number of hydrogen-bond acceptors (Lipinski definition) is 6. The number of ether oxygens (including phenoxy) is 1. The smallest absolute Gasteiger partial charge is 0.237 e. The summed E-state index contributed by atoms with van der Waals surface area (Å²) < 4.78 is 35.8. The van der Waals surface area contributed by atoms with Gasteiger partial charge in [0.25, 0.3) is 0 Å². The lowest BCUT2D eigenvalue weighted by molar-refractivity contribution is 0.400. The van der Waals surface area contributed by atoms with Gasteiger partial charge in [-0.25, -0.2) is 18.7 Å². The topological polar surface area (TPSA) is 73.1 Å². The first-order valence-electron chi connectivity index (χ1n) is 11.7. The number of fused-ring (bicyclic) bond motifs is 1. The summed E-state index contributed by atoms with van der Waals surface area (Å²) in [6.45, 7) is 2.12. The molecule has 5 nitrogen and oxygen atoms in total. The van der Waals surface area contributed by atoms with Crippen molar-refractivity contribution >= 4 is 34.4 Å². The molecule has 0 aliphatic rings. The quantitative estimate of drug-likeness (QED) is 0.219. The van der Waals surface area contributed by atoms with Gasteiger partial charge in [0.1, 0.15) is 23.1 Å². The van der Waals surface area contributed by atoms with Crippen molar-refractivity contribution in [2.45, 2.75) is 18.2 Å². The molecule has 0 radical (unpaired) electrons. The lowest BCUT2D eigenvalue weighted by Crippen LogP contribution is -1.98. The van der Waals surface area contributed by atoms with Crippen molar-refractivity contribution in [3.63, 3.8) is 0 Å². The summed E-state index contributed by atoms with van der Waals surface area (Å²) in [7, 11) is 1.51. The van der Waals surface area contributed by atoms with E-state index in [0.29, 0.717) is 17.4 Å². The van der Waals surface area contributed by atoms with Crippen LogP contribution in [0.3, 0.4) is 0 Å². The fraction of sp³-hybridized carbons (Fsp3) is 0.103. The monoisotopic (exact) mass is 514 g/mol. The Morgan fingerprint density at radius 1 is 0.946 bits per heavy atom. The van der Waals surface area contributed by atoms with Gasteiger partial charge in [0.15, 0.2) is 0 Å². The van der Waals surface area contributed by atoms with Crippen LogP contribution < -0.4 is 15.2 Å². The van der Waals surface area contributed by atoms with E-state index < -0.39 is 11.6 Å². The predicted molar refractivity (Wildman–Crippen MR) is 147 cm³/mol. The van der Waals surface area contributed by atoms with Crippen molar-refractivity contribution < 1.29 is 13.5 Å². The van der Waals surface area contributed by atoms with E-state index in [2.05, 4.69) is 39.8 Å². The third-order valence-corrected chi connectivity index (χ3v) is 6.95. The number of halogens is 2. The number of anilines is 2. The van der Waals surface area contributed by atoms with E-state index >= 15 is 0 Å². The molecule has 0 atom stereocenters. The molecule has 0 aliphatic carbocycles. The largest absolute Gasteiger partial charge is 0.480 e. The highest BCUT2D eigenvalue weighted by molar-refractivity contribution is 8.00. The van der Waals surface area contributed by atoms with Crippen molar-refractivity contribution in [3.05, 3.63) is 96.2 Å². The molecule has 5 aromatic rings. The number of aryl methyl sites for hydroxylation is 1. The van der Waals surface area contributed by atoms with Crippen molar-refractivity contribution in [1.29, 1.82) is 0 Å². The Morgan fingerprint density at radius 3 is 2.57 bits per heavy atom. The first-order chi connectivity index (χ1) is 18.0. The Kier molecular flexibility index (Phi) is 6.92. The molecule has 0 saturated carbocycles. The lowest BCUT2D eigenvalue weighted by Gasteiger charge is -2.13. The molecule has 37 heavy (non-hydrogen) atoms. The summed E-state index contributed by atoms with van der Waals surface area (Å²) in [6, 6.07) is 21.5. The van der Waals surface area contributed by atoms with E-state index in [4.69, 9.17) is 10.5 Å². The number of nitrogen functional groups attached to an aromatic ring is 1. The number of hydrogen-bond donors (Lipinski definition) is 2. The highest BCUT2D eigenvalue weighted by Crippen LogP contribution is 2.35. The maximum atomic E-state index is 14.1. The van der Waals surface area contributed by atoms with E-state index in [9.17, 15) is 8.78 Å². The fourth-order valence-corrected chi connectivity index (χ4v) is 4.85. The molecule has 0 amide bonds. The summed E-state index contributed by atoms with van der Waals surface area (Å²) in [4.78, 5) is 9.32. The van der Waals surface area contributed by atoms with Gasteiger partial charge in [-0.1, -0.05) is 37.3 Å². The van der Waals surface area contributed by atoms with Crippen LogP contribution in [0.25, 0.3) is 33.2 Å². The molecule has 3 aromatic carbocycles. The van der Waals surface area contributed by atoms with E-state index in [1.807, 2.05) is 36.4 Å². The zero-order valence-electron chi connectivity index (χ0n) is 20.3. The molecule has 0 bridgehead atoms. The molecule has 0 saturated heterocycles. The second-order valence-corrected chi connectivity index (χ2v) is 9.25. The zero-order chi connectivity index (χ0) is 25.9. The van der Waals surface area contributed by atoms with Crippen LogP contribution >= 0.6 is 11.9 Å². The van der Waals surface area contributed by atoms with E-state index in [-0.39, 0.29) is 4.90 Å². The molecule has 2 aromatic heterocycles. The molecule has 3 N–H and O–H groups in total. The standard InChI is InChI=1S/C29H24F2N4OS/c1-3-17-6-4-5-7-22(17)23-13-19-12-18(8-10-25(19)34-28(23)32)20-14-26(29(36-2)33-16-20)35-37-27-11-9-21(30)15-24(27)31/h4-16,35H,3H2,1-2H3,(H2,32,34). The van der Waals surface area contributed by atoms with Gasteiger partial charge in [-0.3, -0.25) is 0 Å². The van der Waals surface area contributed by atoms with Crippen molar-refractivity contribution in [2.75, 3.05) is 17.6 Å². The Labute approximate surface area is 217 Å². The molecule has 2 heterocycles. The number of pyridine rings is 2. The van der Waals surface area contributed by atoms with Crippen LogP contribution in [0.4, 0.5) is 20.3 Å². The Hall–Kier alpha value is -4.17. The van der Waals surface area contributed by atoms with Crippen LogP contribution in [0.15, 0.2) is 83.9 Å². The third-order valence-electron chi connectivity index (χ3n) is 6.08. The number of nitrogens with zero attached hydrogens (tertiary/aromatic N) is 2. The molecule has 0 spiro atoms. The summed E-state index contributed by atoms with van der Waals surface area (Å²) in [6.07, 6.45) is 2.60. The Bertz CT molecular complexity index is 1610. The number of nitrogens with one attached hydrogen (secondary N) is 1. The molecule has 5 rings (SSSR count). The predicted octanol–water partition coefficient (Wildman–Crippen LogP) is 7.51. The minimum absolute atomic E-state index is 0.253. The summed E-state index contributed by atoms with van der Waals surface area (Å²) >= 11 is 1.01. The second kappa shape index (κ2) is 10.4. The first-order valence-corrected chi connectivity index (χ1v) is 12.5. The van der Waals surface area contributed by atoms with Crippen LogP contribution in [-0.2, 0) is 6.42 Å². The van der Waals surface area contributed by atoms with Gasteiger partial charge in [0, 0.05) is 28.8 Å². The van der Waals surface area contributed by atoms with E-state index in [0.717, 1.165) is 57.6 Å². The summed E-state index contributed by atoms with van der Waals surface area (Å²) in [5.41, 5.74) is 12.6. The maximum Gasteiger partial charge on any atom is 0.237 e. The van der Waals surface area contributed by atoms with Gasteiger partial charge in [-0.2, -0.15) is 0 Å². The van der Waals surface area contributed by atoms with Crippen molar-refractivity contribution in [1.82, 2.24) is 9.97 Å². The SMILES string of the molecule is CCc1ccccc1-c1cc2cc(-c3cnc(OC)c(NSc4ccc(F)cc4F)c3)ccc2nc1N. The van der Waals surface area contributed by atoms with Gasteiger partial charge in [-0.15, -0.1) is 0 Å². The van der Waals surface area contributed by atoms with Crippen LogP contribution in [0.5, 0.6) is 5.88 Å². The molecular weight excluding hydrogens is 490 g/mol. The maximum absolute atomic E-state index is 14.1. The van der Waals surface area contributed by atoms with Crippen LogP contribution in [0.2, 0.25) is 0 Å². The number of aromatic nitrogens is 2. The first kappa shape index (κ1) is 24.5. The number of nitrogens with two attached hydrogens (primary N) is 1. The van der Waals surface area contributed by atoms with E-state index in [1.165, 1.54) is 24.8 Å². The van der Waals surface area contributed by atoms with Gasteiger partial charge in [0.2, 0.25) is 5.88 Å². The average molecular weight is 515 g/mol. The van der Waals surface area contributed by atoms with Crippen molar-refractivity contribution in [3.8, 4) is 28.1 Å². The molecule has 8 heteroatoms. The number of methoxy groups -OCH3 is 1. The molecule has 0 aliphatic heterocycles. The minimum Gasteiger partial charge on any atom is -0.480 e.